The minimum Gasteiger partial charge on any atom is -0.480 e. The molecule has 0 fully saturated rings. The third-order valence-electron chi connectivity index (χ3n) is 2.84. The Morgan fingerprint density at radius 1 is 1.47 bits per heavy atom. The molecule has 0 unspecified atom stereocenters. The molecule has 1 heterocycles. The highest BCUT2D eigenvalue weighted by molar-refractivity contribution is 5.93. The van der Waals surface area contributed by atoms with Gasteiger partial charge in [0.2, 0.25) is 0 Å². The second kappa shape index (κ2) is 5.52. The molecule has 4 nitrogen and oxygen atoms in total. The van der Waals surface area contributed by atoms with Gasteiger partial charge >= 0.3 is 5.97 Å². The Labute approximate surface area is 112 Å². The van der Waals surface area contributed by atoms with Crippen LogP contribution in [0.3, 0.4) is 0 Å². The Morgan fingerprint density at radius 2 is 2.21 bits per heavy atom. The number of anilines is 1. The molecule has 1 N–H and O–H groups in total. The molecule has 0 amide bonds. The molecule has 1 aromatic heterocycles. The lowest BCUT2D eigenvalue weighted by molar-refractivity contribution is -0.135. The molecule has 0 spiro atoms. The summed E-state index contributed by atoms with van der Waals surface area (Å²) in [5, 5.41) is 9.98. The number of para-hydroxylation sites is 1. The van der Waals surface area contributed by atoms with Crippen LogP contribution in [0.1, 0.15) is 5.69 Å². The maximum atomic E-state index is 11.0. The van der Waals surface area contributed by atoms with E-state index in [9.17, 15) is 4.79 Å². The largest absolute Gasteiger partial charge is 0.480 e. The number of fused-ring (bicyclic) bond motifs is 1. The van der Waals surface area contributed by atoms with Gasteiger partial charge in [0.1, 0.15) is 6.54 Å². The monoisotopic (exact) mass is 256 g/mol. The molecule has 1 aromatic carbocycles. The SMILES string of the molecule is C=CCN(CC(=O)O)c1cc(C)nc2ccccc12. The lowest BCUT2D eigenvalue weighted by atomic mass is 10.1. The van der Waals surface area contributed by atoms with E-state index in [1.165, 1.54) is 0 Å². The van der Waals surface area contributed by atoms with E-state index in [0.717, 1.165) is 22.3 Å². The molecule has 0 bridgehead atoms. The van der Waals surface area contributed by atoms with Gasteiger partial charge in [-0.25, -0.2) is 0 Å². The average molecular weight is 256 g/mol. The molecule has 0 saturated heterocycles. The fourth-order valence-electron chi connectivity index (χ4n) is 2.11. The van der Waals surface area contributed by atoms with Crippen LogP contribution in [0.5, 0.6) is 0 Å². The molecule has 4 heteroatoms. The van der Waals surface area contributed by atoms with Gasteiger partial charge in [-0.2, -0.15) is 0 Å². The van der Waals surface area contributed by atoms with Crippen molar-refractivity contribution in [3.8, 4) is 0 Å². The second-order valence-corrected chi connectivity index (χ2v) is 4.36. The van der Waals surface area contributed by atoms with Gasteiger partial charge in [0, 0.05) is 23.3 Å². The number of aliphatic carboxylic acids is 1. The van der Waals surface area contributed by atoms with E-state index in [2.05, 4.69) is 11.6 Å². The number of carbonyl (C=O) groups is 1. The summed E-state index contributed by atoms with van der Waals surface area (Å²) in [5.41, 5.74) is 2.62. The third-order valence-corrected chi connectivity index (χ3v) is 2.84. The van der Waals surface area contributed by atoms with Gasteiger partial charge in [0.05, 0.1) is 5.52 Å². The predicted molar refractivity (Wildman–Crippen MR) is 76.5 cm³/mol. The number of carboxylic acids is 1. The third kappa shape index (κ3) is 2.91. The van der Waals surface area contributed by atoms with Gasteiger partial charge in [-0.15, -0.1) is 6.58 Å². The molecule has 0 aliphatic rings. The normalized spacial score (nSPS) is 10.4. The van der Waals surface area contributed by atoms with Crippen molar-refractivity contribution in [2.45, 2.75) is 6.92 Å². The van der Waals surface area contributed by atoms with Crippen LogP contribution in [-0.2, 0) is 4.79 Å². The second-order valence-electron chi connectivity index (χ2n) is 4.36. The van der Waals surface area contributed by atoms with Crippen LogP contribution in [0.25, 0.3) is 10.9 Å². The van der Waals surface area contributed by atoms with E-state index in [0.29, 0.717) is 6.54 Å². The summed E-state index contributed by atoms with van der Waals surface area (Å²) in [7, 11) is 0. The van der Waals surface area contributed by atoms with E-state index in [1.54, 1.807) is 11.0 Å². The first-order chi connectivity index (χ1) is 9.11. The molecule has 98 valence electrons. The Kier molecular flexibility index (Phi) is 3.80. The van der Waals surface area contributed by atoms with Crippen molar-refractivity contribution in [2.75, 3.05) is 18.0 Å². The van der Waals surface area contributed by atoms with E-state index in [-0.39, 0.29) is 6.54 Å². The Bertz CT molecular complexity index is 623. The number of hydrogen-bond acceptors (Lipinski definition) is 3. The van der Waals surface area contributed by atoms with Crippen molar-refractivity contribution in [3.63, 3.8) is 0 Å². The molecular formula is C15H16N2O2. The smallest absolute Gasteiger partial charge is 0.323 e. The first-order valence-electron chi connectivity index (χ1n) is 6.06. The van der Waals surface area contributed by atoms with Crippen molar-refractivity contribution in [1.29, 1.82) is 0 Å². The Balaban J connectivity index is 2.57. The molecule has 0 aliphatic heterocycles. The van der Waals surface area contributed by atoms with Gasteiger partial charge < -0.3 is 10.0 Å². The summed E-state index contributed by atoms with van der Waals surface area (Å²) in [6.07, 6.45) is 1.70. The van der Waals surface area contributed by atoms with Crippen molar-refractivity contribution in [1.82, 2.24) is 4.98 Å². The molecule has 0 aliphatic carbocycles. The van der Waals surface area contributed by atoms with Gasteiger partial charge in [-0.1, -0.05) is 24.3 Å². The average Bonchev–Trinajstić information content (AvgIpc) is 2.36. The fourth-order valence-corrected chi connectivity index (χ4v) is 2.11. The van der Waals surface area contributed by atoms with E-state index in [4.69, 9.17) is 5.11 Å². The minimum atomic E-state index is -0.861. The summed E-state index contributed by atoms with van der Waals surface area (Å²) in [6.45, 7) is 6.02. The summed E-state index contributed by atoms with van der Waals surface area (Å²) in [6, 6.07) is 9.64. The van der Waals surface area contributed by atoms with E-state index in [1.807, 2.05) is 37.3 Å². The zero-order valence-electron chi connectivity index (χ0n) is 10.8. The molecule has 19 heavy (non-hydrogen) atoms. The standard InChI is InChI=1S/C15H16N2O2/c1-3-8-17(10-15(18)19)14-9-11(2)16-13-7-5-4-6-12(13)14/h3-7,9H,1,8,10H2,2H3,(H,18,19). The number of rotatable bonds is 5. The highest BCUT2D eigenvalue weighted by Crippen LogP contribution is 2.26. The van der Waals surface area contributed by atoms with Crippen LogP contribution >= 0.6 is 0 Å². The number of aryl methyl sites for hydroxylation is 1. The highest BCUT2D eigenvalue weighted by atomic mass is 16.4. The Hall–Kier alpha value is -2.36. The van der Waals surface area contributed by atoms with Crippen molar-refractivity contribution in [2.24, 2.45) is 0 Å². The molecule has 2 rings (SSSR count). The van der Waals surface area contributed by atoms with Crippen molar-refractivity contribution in [3.05, 3.63) is 48.7 Å². The van der Waals surface area contributed by atoms with Gasteiger partial charge in [0.15, 0.2) is 0 Å². The number of nitrogens with zero attached hydrogens (tertiary/aromatic N) is 2. The number of aromatic nitrogens is 1. The molecule has 0 saturated carbocycles. The lowest BCUT2D eigenvalue weighted by Gasteiger charge is -2.23. The maximum Gasteiger partial charge on any atom is 0.323 e. The molecule has 0 atom stereocenters. The molecule has 2 aromatic rings. The van der Waals surface area contributed by atoms with Crippen molar-refractivity contribution < 1.29 is 9.90 Å². The van der Waals surface area contributed by atoms with Gasteiger partial charge in [-0.3, -0.25) is 9.78 Å². The Morgan fingerprint density at radius 3 is 2.89 bits per heavy atom. The zero-order valence-corrected chi connectivity index (χ0v) is 10.8. The van der Waals surface area contributed by atoms with E-state index < -0.39 is 5.97 Å². The summed E-state index contributed by atoms with van der Waals surface area (Å²) >= 11 is 0. The fraction of sp³-hybridized carbons (Fsp3) is 0.200. The number of carboxylic acid groups (broad SMARTS) is 1. The van der Waals surface area contributed by atoms with Crippen LogP contribution in [0.2, 0.25) is 0 Å². The van der Waals surface area contributed by atoms with Gasteiger partial charge in [-0.05, 0) is 19.1 Å². The van der Waals surface area contributed by atoms with Crippen LogP contribution in [0.4, 0.5) is 5.69 Å². The molecular weight excluding hydrogens is 240 g/mol. The number of benzene rings is 1. The van der Waals surface area contributed by atoms with Crippen LogP contribution < -0.4 is 4.90 Å². The predicted octanol–water partition coefficient (Wildman–Crippen LogP) is 2.62. The quantitative estimate of drug-likeness (QED) is 0.835. The number of pyridine rings is 1. The topological polar surface area (TPSA) is 53.4 Å². The highest BCUT2D eigenvalue weighted by Gasteiger charge is 2.13. The van der Waals surface area contributed by atoms with Crippen LogP contribution in [-0.4, -0.2) is 29.1 Å². The lowest BCUT2D eigenvalue weighted by Crippen LogP contribution is -2.30. The van der Waals surface area contributed by atoms with E-state index >= 15 is 0 Å². The first kappa shape index (κ1) is 13.1. The van der Waals surface area contributed by atoms with Crippen LogP contribution in [0.15, 0.2) is 43.0 Å². The summed E-state index contributed by atoms with van der Waals surface area (Å²) in [4.78, 5) is 17.2. The summed E-state index contributed by atoms with van der Waals surface area (Å²) in [5.74, 6) is -0.861. The van der Waals surface area contributed by atoms with Crippen molar-refractivity contribution >= 4 is 22.6 Å². The minimum absolute atomic E-state index is 0.0561. The molecule has 0 radical (unpaired) electrons. The van der Waals surface area contributed by atoms with Crippen LogP contribution in [0, 0.1) is 6.92 Å². The number of hydrogen-bond donors (Lipinski definition) is 1. The van der Waals surface area contributed by atoms with Gasteiger partial charge in [0.25, 0.3) is 0 Å². The maximum absolute atomic E-state index is 11.0. The zero-order chi connectivity index (χ0) is 13.8. The first-order valence-corrected chi connectivity index (χ1v) is 6.06. The summed E-state index contributed by atoms with van der Waals surface area (Å²) < 4.78 is 0.